The summed E-state index contributed by atoms with van der Waals surface area (Å²) in [5.41, 5.74) is 2.52. The number of carbonyl (C=O) groups excluding carboxylic acids is 1. The average molecular weight is 305 g/mol. The molecule has 104 valence electrons. The first-order valence-corrected chi connectivity index (χ1v) is 6.44. The van der Waals surface area contributed by atoms with Crippen LogP contribution in [0.1, 0.15) is 31.7 Å². The van der Waals surface area contributed by atoms with Gasteiger partial charge in [-0.2, -0.15) is 5.10 Å². The van der Waals surface area contributed by atoms with E-state index in [9.17, 15) is 15.0 Å². The van der Waals surface area contributed by atoms with Crippen molar-refractivity contribution < 1.29 is 15.0 Å². The molecule has 0 bridgehead atoms. The van der Waals surface area contributed by atoms with Crippen LogP contribution in [0.15, 0.2) is 11.2 Å². The van der Waals surface area contributed by atoms with Gasteiger partial charge in [0.25, 0.3) is 0 Å². The average Bonchev–Trinajstić information content (AvgIpc) is 2.39. The minimum absolute atomic E-state index is 0.0124. The minimum atomic E-state index is -0.398. The fourth-order valence-electron chi connectivity index (χ4n) is 1.28. The third-order valence-electron chi connectivity index (χ3n) is 2.35. The summed E-state index contributed by atoms with van der Waals surface area (Å²) in [6, 6.07) is 1.29. The van der Waals surface area contributed by atoms with Crippen LogP contribution in [-0.4, -0.2) is 22.3 Å². The number of nitrogens with zero attached hydrogens (tertiary/aromatic N) is 1. The van der Waals surface area contributed by atoms with Gasteiger partial charge in [0.1, 0.15) is 10.8 Å². The molecule has 0 aromatic heterocycles. The molecule has 0 radical (unpaired) electrons. The molecule has 0 aliphatic heterocycles. The SMILES string of the molecule is CCCCC(=O)N/N=C/c1cc(Cl)c(O)c(Cl)c1O. The van der Waals surface area contributed by atoms with Crippen molar-refractivity contribution in [2.75, 3.05) is 0 Å². The molecule has 5 nitrogen and oxygen atoms in total. The molecule has 0 atom stereocenters. The highest BCUT2D eigenvalue weighted by Gasteiger charge is 2.13. The van der Waals surface area contributed by atoms with Crippen LogP contribution in [0.4, 0.5) is 0 Å². The topological polar surface area (TPSA) is 81.9 Å². The van der Waals surface area contributed by atoms with E-state index in [1.807, 2.05) is 6.92 Å². The lowest BCUT2D eigenvalue weighted by Gasteiger charge is -2.05. The van der Waals surface area contributed by atoms with Gasteiger partial charge in [-0.05, 0) is 12.5 Å². The van der Waals surface area contributed by atoms with Crippen molar-refractivity contribution in [2.45, 2.75) is 26.2 Å². The second kappa shape index (κ2) is 7.21. The van der Waals surface area contributed by atoms with Gasteiger partial charge in [-0.1, -0.05) is 36.5 Å². The number of hydrogen-bond acceptors (Lipinski definition) is 4. The van der Waals surface area contributed by atoms with Crippen LogP contribution >= 0.6 is 23.2 Å². The summed E-state index contributed by atoms with van der Waals surface area (Å²) in [4.78, 5) is 11.3. The maximum Gasteiger partial charge on any atom is 0.240 e. The zero-order valence-electron chi connectivity index (χ0n) is 10.3. The van der Waals surface area contributed by atoms with Gasteiger partial charge in [-0.3, -0.25) is 4.79 Å². The molecule has 0 aliphatic carbocycles. The van der Waals surface area contributed by atoms with E-state index in [0.29, 0.717) is 6.42 Å². The smallest absolute Gasteiger partial charge is 0.240 e. The van der Waals surface area contributed by atoms with Crippen LogP contribution in [0.3, 0.4) is 0 Å². The Labute approximate surface area is 120 Å². The number of hydrogen-bond donors (Lipinski definition) is 3. The second-order valence-electron chi connectivity index (χ2n) is 3.86. The van der Waals surface area contributed by atoms with Crippen LogP contribution in [0, 0.1) is 0 Å². The van der Waals surface area contributed by atoms with Crippen molar-refractivity contribution >= 4 is 35.3 Å². The summed E-state index contributed by atoms with van der Waals surface area (Å²) >= 11 is 11.4. The van der Waals surface area contributed by atoms with Gasteiger partial charge in [0.15, 0.2) is 5.75 Å². The monoisotopic (exact) mass is 304 g/mol. The Morgan fingerprint density at radius 2 is 2.11 bits per heavy atom. The van der Waals surface area contributed by atoms with Crippen LogP contribution in [0.5, 0.6) is 11.5 Å². The Balaban J connectivity index is 2.75. The first kappa shape index (κ1) is 15.6. The predicted molar refractivity (Wildman–Crippen MR) is 75.1 cm³/mol. The summed E-state index contributed by atoms with van der Waals surface area (Å²) in [6.45, 7) is 1.98. The lowest BCUT2D eigenvalue weighted by molar-refractivity contribution is -0.121. The second-order valence-corrected chi connectivity index (χ2v) is 4.64. The van der Waals surface area contributed by atoms with Crippen molar-refractivity contribution in [3.8, 4) is 11.5 Å². The summed E-state index contributed by atoms with van der Waals surface area (Å²) in [5.74, 6) is -0.964. The van der Waals surface area contributed by atoms with E-state index < -0.39 is 5.75 Å². The third kappa shape index (κ3) is 4.29. The number of phenolic OH excluding ortho intramolecular Hbond substituents is 2. The molecule has 7 heteroatoms. The molecule has 1 aromatic carbocycles. The molecule has 1 rings (SSSR count). The summed E-state index contributed by atoms with van der Waals surface area (Å²) < 4.78 is 0. The number of amides is 1. The van der Waals surface area contributed by atoms with Gasteiger partial charge < -0.3 is 10.2 Å². The number of halogens is 2. The van der Waals surface area contributed by atoms with Crippen molar-refractivity contribution in [3.63, 3.8) is 0 Å². The summed E-state index contributed by atoms with van der Waals surface area (Å²) in [6.07, 6.45) is 3.29. The van der Waals surface area contributed by atoms with Gasteiger partial charge in [-0.15, -0.1) is 0 Å². The van der Waals surface area contributed by atoms with E-state index in [2.05, 4.69) is 10.5 Å². The van der Waals surface area contributed by atoms with Crippen molar-refractivity contribution in [2.24, 2.45) is 5.10 Å². The molecule has 19 heavy (non-hydrogen) atoms. The number of nitrogens with one attached hydrogen (secondary N) is 1. The van der Waals surface area contributed by atoms with Gasteiger partial charge >= 0.3 is 0 Å². The molecule has 0 saturated heterocycles. The molecule has 0 spiro atoms. The number of phenols is 2. The van der Waals surface area contributed by atoms with Crippen molar-refractivity contribution in [1.82, 2.24) is 5.43 Å². The lowest BCUT2D eigenvalue weighted by Crippen LogP contribution is -2.16. The zero-order valence-corrected chi connectivity index (χ0v) is 11.8. The van der Waals surface area contributed by atoms with Crippen molar-refractivity contribution in [3.05, 3.63) is 21.7 Å². The van der Waals surface area contributed by atoms with Crippen molar-refractivity contribution in [1.29, 1.82) is 0 Å². The van der Waals surface area contributed by atoms with Crippen LogP contribution in [0.2, 0.25) is 10.0 Å². The highest BCUT2D eigenvalue weighted by Crippen LogP contribution is 2.40. The Kier molecular flexibility index (Phi) is 5.92. The van der Waals surface area contributed by atoms with Crippen LogP contribution in [-0.2, 0) is 4.79 Å². The highest BCUT2D eigenvalue weighted by atomic mass is 35.5. The minimum Gasteiger partial charge on any atom is -0.506 e. The fraction of sp³-hybridized carbons (Fsp3) is 0.333. The van der Waals surface area contributed by atoms with E-state index in [4.69, 9.17) is 23.2 Å². The largest absolute Gasteiger partial charge is 0.506 e. The third-order valence-corrected chi connectivity index (χ3v) is 2.99. The Bertz CT molecular complexity index is 504. The molecule has 1 amide bonds. The summed E-state index contributed by atoms with van der Waals surface area (Å²) in [5, 5.41) is 22.5. The van der Waals surface area contributed by atoms with E-state index in [1.54, 1.807) is 0 Å². The normalized spacial score (nSPS) is 10.9. The summed E-state index contributed by atoms with van der Waals surface area (Å²) in [7, 11) is 0. The number of carbonyl (C=O) groups is 1. The predicted octanol–water partition coefficient (Wildman–Crippen LogP) is 3.04. The standard InChI is InChI=1S/C12H14Cl2N2O3/c1-2-3-4-9(17)16-15-6-7-5-8(13)12(19)10(14)11(7)18/h5-6,18-19H,2-4H2,1H3,(H,16,17)/b15-6+. The van der Waals surface area contributed by atoms with Crippen LogP contribution in [0.25, 0.3) is 0 Å². The van der Waals surface area contributed by atoms with E-state index >= 15 is 0 Å². The molecule has 3 N–H and O–H groups in total. The molecule has 1 aromatic rings. The molecule has 0 heterocycles. The number of hydrazone groups is 1. The molecular weight excluding hydrogens is 291 g/mol. The van der Waals surface area contributed by atoms with E-state index in [0.717, 1.165) is 12.8 Å². The highest BCUT2D eigenvalue weighted by molar-refractivity contribution is 6.38. The van der Waals surface area contributed by atoms with Gasteiger partial charge in [0.2, 0.25) is 5.91 Å². The number of aromatic hydroxyl groups is 2. The molecule has 0 saturated carbocycles. The van der Waals surface area contributed by atoms with Crippen LogP contribution < -0.4 is 5.43 Å². The fourth-order valence-corrected chi connectivity index (χ4v) is 1.75. The Morgan fingerprint density at radius 3 is 2.74 bits per heavy atom. The first-order chi connectivity index (χ1) is 8.97. The van der Waals surface area contributed by atoms with E-state index in [-0.39, 0.29) is 27.3 Å². The number of rotatable bonds is 5. The zero-order chi connectivity index (χ0) is 14.4. The van der Waals surface area contributed by atoms with E-state index in [1.165, 1.54) is 12.3 Å². The number of unbranched alkanes of at least 4 members (excludes halogenated alkanes) is 1. The number of benzene rings is 1. The first-order valence-electron chi connectivity index (χ1n) is 5.69. The molecule has 0 fully saturated rings. The van der Waals surface area contributed by atoms with Gasteiger partial charge in [0, 0.05) is 12.0 Å². The molecule has 0 unspecified atom stereocenters. The lowest BCUT2D eigenvalue weighted by atomic mass is 10.2. The quantitative estimate of drug-likeness (QED) is 0.577. The maximum atomic E-state index is 11.3. The molecular formula is C12H14Cl2N2O3. The molecule has 0 aliphatic rings. The maximum absolute atomic E-state index is 11.3. The van der Waals surface area contributed by atoms with Gasteiger partial charge in [0.05, 0.1) is 11.2 Å². The van der Waals surface area contributed by atoms with Gasteiger partial charge in [-0.25, -0.2) is 5.43 Å². The Hall–Kier alpha value is -1.46. The Morgan fingerprint density at radius 1 is 1.42 bits per heavy atom.